The van der Waals surface area contributed by atoms with Gasteiger partial charge in [-0.25, -0.2) is 0 Å². The summed E-state index contributed by atoms with van der Waals surface area (Å²) in [5.41, 5.74) is 1.26. The maximum absolute atomic E-state index is 12.4. The van der Waals surface area contributed by atoms with Gasteiger partial charge in [0.2, 0.25) is 5.91 Å². The van der Waals surface area contributed by atoms with Gasteiger partial charge in [-0.2, -0.15) is 0 Å². The summed E-state index contributed by atoms with van der Waals surface area (Å²) in [6.07, 6.45) is 2.11. The van der Waals surface area contributed by atoms with E-state index < -0.39 is 0 Å². The second kappa shape index (κ2) is 5.88. The summed E-state index contributed by atoms with van der Waals surface area (Å²) in [7, 11) is 0. The van der Waals surface area contributed by atoms with Crippen LogP contribution >= 0.6 is 0 Å². The summed E-state index contributed by atoms with van der Waals surface area (Å²) in [6, 6.07) is 4.81. The molecule has 22 heavy (non-hydrogen) atoms. The van der Waals surface area contributed by atoms with Crippen LogP contribution in [-0.4, -0.2) is 41.9 Å². The Morgan fingerprint density at radius 3 is 2.77 bits per heavy atom. The number of carbonyl (C=O) groups excluding carboxylic acids is 3. The maximum Gasteiger partial charge on any atom is 0.261 e. The summed E-state index contributed by atoms with van der Waals surface area (Å²) in [5, 5.41) is 2.70. The Labute approximate surface area is 128 Å². The number of hydrogen-bond donors (Lipinski definition) is 1. The van der Waals surface area contributed by atoms with Gasteiger partial charge in [-0.05, 0) is 31.0 Å². The van der Waals surface area contributed by atoms with Crippen LogP contribution in [0.25, 0.3) is 0 Å². The van der Waals surface area contributed by atoms with Gasteiger partial charge in [0.15, 0.2) is 0 Å². The minimum atomic E-state index is -0.317. The predicted molar refractivity (Wildman–Crippen MR) is 79.7 cm³/mol. The van der Waals surface area contributed by atoms with Crippen molar-refractivity contribution in [3.63, 3.8) is 0 Å². The molecule has 0 saturated carbocycles. The molecule has 1 fully saturated rings. The lowest BCUT2D eigenvalue weighted by atomic mass is 10.1. The van der Waals surface area contributed by atoms with Gasteiger partial charge in [-0.15, -0.1) is 0 Å². The van der Waals surface area contributed by atoms with E-state index >= 15 is 0 Å². The number of imide groups is 1. The summed E-state index contributed by atoms with van der Waals surface area (Å²) >= 11 is 0. The first-order valence-corrected chi connectivity index (χ1v) is 7.52. The monoisotopic (exact) mass is 302 g/mol. The third-order valence-electron chi connectivity index (χ3n) is 3.99. The third-order valence-corrected chi connectivity index (χ3v) is 3.99. The lowest BCUT2D eigenvalue weighted by molar-refractivity contribution is -0.115. The molecule has 2 aliphatic heterocycles. The van der Waals surface area contributed by atoms with Crippen LogP contribution in [0.2, 0.25) is 0 Å². The number of nitrogens with zero attached hydrogens (tertiary/aromatic N) is 1. The number of benzene rings is 1. The minimum absolute atomic E-state index is 0.0681. The number of carbonyl (C=O) groups is 3. The van der Waals surface area contributed by atoms with Crippen LogP contribution in [0.5, 0.6) is 0 Å². The fraction of sp³-hybridized carbons (Fsp3) is 0.438. The standard InChI is InChI=1S/C16H18N2O4/c1-2-14(19)17-10-5-6-12-13(8-10)16(21)18(15(12)20)9-11-4-3-7-22-11/h5-6,8,11H,2-4,7,9H2,1H3,(H,17,19). The zero-order valence-electron chi connectivity index (χ0n) is 12.4. The minimum Gasteiger partial charge on any atom is -0.376 e. The molecule has 1 aromatic rings. The van der Waals surface area contributed by atoms with Crippen molar-refractivity contribution < 1.29 is 19.1 Å². The summed E-state index contributed by atoms with van der Waals surface area (Å²) < 4.78 is 5.50. The van der Waals surface area contributed by atoms with Gasteiger partial charge >= 0.3 is 0 Å². The van der Waals surface area contributed by atoms with Crippen LogP contribution in [0.1, 0.15) is 46.9 Å². The van der Waals surface area contributed by atoms with Crippen molar-refractivity contribution in [2.75, 3.05) is 18.5 Å². The molecule has 0 aliphatic carbocycles. The van der Waals surface area contributed by atoms with Crippen LogP contribution in [0.4, 0.5) is 5.69 Å². The van der Waals surface area contributed by atoms with Crippen LogP contribution in [0.3, 0.4) is 0 Å². The first-order valence-electron chi connectivity index (χ1n) is 7.52. The Morgan fingerprint density at radius 2 is 2.09 bits per heavy atom. The van der Waals surface area contributed by atoms with Gasteiger partial charge in [0.1, 0.15) is 0 Å². The Balaban J connectivity index is 1.80. The largest absolute Gasteiger partial charge is 0.376 e. The molecule has 1 saturated heterocycles. The van der Waals surface area contributed by atoms with E-state index in [1.165, 1.54) is 4.90 Å². The van der Waals surface area contributed by atoms with E-state index in [1.54, 1.807) is 25.1 Å². The van der Waals surface area contributed by atoms with Gasteiger partial charge in [0.05, 0.1) is 23.8 Å². The molecule has 1 N–H and O–H groups in total. The number of fused-ring (bicyclic) bond motifs is 1. The van der Waals surface area contributed by atoms with Crippen molar-refractivity contribution in [2.45, 2.75) is 32.3 Å². The molecule has 6 nitrogen and oxygen atoms in total. The molecule has 6 heteroatoms. The Hall–Kier alpha value is -2.21. The van der Waals surface area contributed by atoms with E-state index in [9.17, 15) is 14.4 Å². The zero-order chi connectivity index (χ0) is 15.7. The maximum atomic E-state index is 12.4. The molecule has 0 aromatic heterocycles. The molecule has 2 heterocycles. The molecular weight excluding hydrogens is 284 g/mol. The summed E-state index contributed by atoms with van der Waals surface area (Å²) in [5.74, 6) is -0.736. The second-order valence-electron chi connectivity index (χ2n) is 5.52. The van der Waals surface area contributed by atoms with Crippen molar-refractivity contribution in [3.05, 3.63) is 29.3 Å². The molecule has 3 amide bonds. The number of anilines is 1. The Kier molecular flexibility index (Phi) is 3.94. The SMILES string of the molecule is CCC(=O)Nc1ccc2c(c1)C(=O)N(CC1CCCO1)C2=O. The lowest BCUT2D eigenvalue weighted by Gasteiger charge is -2.17. The number of rotatable bonds is 4. The normalized spacial score (nSPS) is 20.4. The topological polar surface area (TPSA) is 75.7 Å². The van der Waals surface area contributed by atoms with Gasteiger partial charge in [-0.1, -0.05) is 6.92 Å². The first-order chi connectivity index (χ1) is 10.6. The van der Waals surface area contributed by atoms with Crippen LogP contribution < -0.4 is 5.32 Å². The number of hydrogen-bond acceptors (Lipinski definition) is 4. The Bertz CT molecular complexity index is 635. The van der Waals surface area contributed by atoms with Crippen molar-refractivity contribution in [1.82, 2.24) is 4.90 Å². The number of amides is 3. The van der Waals surface area contributed by atoms with Crippen molar-refractivity contribution >= 4 is 23.4 Å². The molecule has 1 atom stereocenters. The van der Waals surface area contributed by atoms with E-state index in [-0.39, 0.29) is 23.8 Å². The van der Waals surface area contributed by atoms with E-state index in [1.807, 2.05) is 0 Å². The molecule has 0 bridgehead atoms. The van der Waals surface area contributed by atoms with E-state index in [2.05, 4.69) is 5.32 Å². The first kappa shape index (κ1) is 14.7. The van der Waals surface area contributed by atoms with Gasteiger partial charge in [0.25, 0.3) is 11.8 Å². The smallest absolute Gasteiger partial charge is 0.261 e. The molecular formula is C16H18N2O4. The van der Waals surface area contributed by atoms with Crippen molar-refractivity contribution in [3.8, 4) is 0 Å². The van der Waals surface area contributed by atoms with Crippen LogP contribution in [0.15, 0.2) is 18.2 Å². The van der Waals surface area contributed by atoms with Gasteiger partial charge in [0, 0.05) is 18.7 Å². The highest BCUT2D eigenvalue weighted by molar-refractivity contribution is 6.21. The van der Waals surface area contributed by atoms with Crippen molar-refractivity contribution in [2.24, 2.45) is 0 Å². The molecule has 0 spiro atoms. The molecule has 1 aromatic carbocycles. The summed E-state index contributed by atoms with van der Waals surface area (Å²) in [6.45, 7) is 2.73. The fourth-order valence-electron chi connectivity index (χ4n) is 2.78. The molecule has 116 valence electrons. The quantitative estimate of drug-likeness (QED) is 0.861. The number of ether oxygens (including phenoxy) is 1. The highest BCUT2D eigenvalue weighted by Gasteiger charge is 2.37. The van der Waals surface area contributed by atoms with E-state index in [0.29, 0.717) is 36.4 Å². The lowest BCUT2D eigenvalue weighted by Crippen LogP contribution is -2.36. The predicted octanol–water partition coefficient (Wildman–Crippen LogP) is 1.81. The van der Waals surface area contributed by atoms with E-state index in [4.69, 9.17) is 4.74 Å². The van der Waals surface area contributed by atoms with Gasteiger partial charge < -0.3 is 10.1 Å². The third kappa shape index (κ3) is 2.62. The highest BCUT2D eigenvalue weighted by atomic mass is 16.5. The molecule has 2 aliphatic rings. The molecule has 0 radical (unpaired) electrons. The van der Waals surface area contributed by atoms with Crippen LogP contribution in [0, 0.1) is 0 Å². The van der Waals surface area contributed by atoms with Crippen LogP contribution in [-0.2, 0) is 9.53 Å². The van der Waals surface area contributed by atoms with E-state index in [0.717, 1.165) is 12.8 Å². The van der Waals surface area contributed by atoms with Gasteiger partial charge in [-0.3, -0.25) is 19.3 Å². The zero-order valence-corrected chi connectivity index (χ0v) is 12.4. The molecule has 1 unspecified atom stereocenters. The fourth-order valence-corrected chi connectivity index (χ4v) is 2.78. The number of nitrogens with one attached hydrogen (secondary N) is 1. The summed E-state index contributed by atoms with van der Waals surface area (Å²) in [4.78, 5) is 37.5. The highest BCUT2D eigenvalue weighted by Crippen LogP contribution is 2.27. The second-order valence-corrected chi connectivity index (χ2v) is 5.52. The average molecular weight is 302 g/mol. The average Bonchev–Trinajstić information content (AvgIpc) is 3.11. The molecule has 3 rings (SSSR count). The Morgan fingerprint density at radius 1 is 1.32 bits per heavy atom. The van der Waals surface area contributed by atoms with Crippen molar-refractivity contribution in [1.29, 1.82) is 0 Å².